The Morgan fingerprint density at radius 2 is 1.64 bits per heavy atom. The maximum Gasteiger partial charge on any atom is 0.0642 e. The number of ether oxygens (including phenoxy) is 1. The lowest BCUT2D eigenvalue weighted by Gasteiger charge is -2.28. The molecule has 0 spiro atoms. The van der Waals surface area contributed by atoms with Gasteiger partial charge in [-0.25, -0.2) is 0 Å². The Kier molecular flexibility index (Phi) is 5.00. The van der Waals surface area contributed by atoms with E-state index in [1.807, 2.05) is 36.6 Å². The molecule has 0 N–H and O–H groups in total. The first-order chi connectivity index (χ1) is 10.9. The minimum atomic E-state index is 0.810. The number of aliphatic imine (C=N–C) groups is 1. The molecule has 0 unspecified atom stereocenters. The van der Waals surface area contributed by atoms with Crippen LogP contribution in [0.2, 0.25) is 0 Å². The Bertz CT molecular complexity index is 626. The zero-order chi connectivity index (χ0) is 15.0. The van der Waals surface area contributed by atoms with Gasteiger partial charge >= 0.3 is 0 Å². The predicted molar refractivity (Wildman–Crippen MR) is 93.1 cm³/mol. The summed E-state index contributed by atoms with van der Waals surface area (Å²) in [6.45, 7) is 3.54. The second-order valence-corrected chi connectivity index (χ2v) is 5.16. The molecule has 1 aliphatic rings. The van der Waals surface area contributed by atoms with Crippen molar-refractivity contribution in [3.63, 3.8) is 0 Å². The average molecular weight is 292 g/mol. The highest BCUT2D eigenvalue weighted by Gasteiger charge is 2.10. The van der Waals surface area contributed by atoms with E-state index in [2.05, 4.69) is 46.3 Å². The quantitative estimate of drug-likeness (QED) is 0.797. The van der Waals surface area contributed by atoms with Crippen LogP contribution in [-0.4, -0.2) is 32.5 Å². The summed E-state index contributed by atoms with van der Waals surface area (Å²) in [7, 11) is 0. The number of rotatable bonds is 4. The topological polar surface area (TPSA) is 24.8 Å². The lowest BCUT2D eigenvalue weighted by molar-refractivity contribution is 0.122. The number of anilines is 1. The third-order valence-electron chi connectivity index (χ3n) is 3.62. The SMILES string of the molecule is C(/C=C/c1ccccc1)=Nc1ccc(N2CCOCC2)cc1. The number of morpholine rings is 1. The molecule has 0 saturated carbocycles. The molecule has 3 heteroatoms. The fraction of sp³-hybridized carbons (Fsp3) is 0.211. The standard InChI is InChI=1S/C19H20N2O/c1-2-5-17(6-3-1)7-4-12-20-18-8-10-19(11-9-18)21-13-15-22-16-14-21/h1-12H,13-16H2/b7-4+,20-12?. The molecule has 22 heavy (non-hydrogen) atoms. The maximum absolute atomic E-state index is 5.37. The van der Waals surface area contributed by atoms with E-state index in [9.17, 15) is 0 Å². The van der Waals surface area contributed by atoms with Gasteiger partial charge in [0.2, 0.25) is 0 Å². The van der Waals surface area contributed by atoms with Gasteiger partial charge in [-0.1, -0.05) is 36.4 Å². The van der Waals surface area contributed by atoms with Gasteiger partial charge in [-0.15, -0.1) is 0 Å². The molecule has 0 amide bonds. The number of benzene rings is 2. The minimum absolute atomic E-state index is 0.810. The molecule has 0 bridgehead atoms. The molecule has 0 aliphatic carbocycles. The summed E-state index contributed by atoms with van der Waals surface area (Å²) in [6.07, 6.45) is 5.84. The van der Waals surface area contributed by atoms with Crippen LogP contribution in [-0.2, 0) is 4.74 Å². The van der Waals surface area contributed by atoms with Crippen molar-refractivity contribution in [1.82, 2.24) is 0 Å². The zero-order valence-corrected chi connectivity index (χ0v) is 12.6. The molecule has 0 atom stereocenters. The van der Waals surface area contributed by atoms with Crippen molar-refractivity contribution < 1.29 is 4.74 Å². The number of nitrogens with zero attached hydrogens (tertiary/aromatic N) is 2. The first-order valence-electron chi connectivity index (χ1n) is 7.60. The summed E-state index contributed by atoms with van der Waals surface area (Å²) in [5, 5.41) is 0. The highest BCUT2D eigenvalue weighted by atomic mass is 16.5. The number of hydrogen-bond acceptors (Lipinski definition) is 3. The first-order valence-corrected chi connectivity index (χ1v) is 7.60. The van der Waals surface area contributed by atoms with E-state index >= 15 is 0 Å². The van der Waals surface area contributed by atoms with E-state index in [1.54, 1.807) is 0 Å². The van der Waals surface area contributed by atoms with Gasteiger partial charge in [-0.3, -0.25) is 4.99 Å². The van der Waals surface area contributed by atoms with Gasteiger partial charge in [-0.2, -0.15) is 0 Å². The molecule has 112 valence electrons. The molecular formula is C19H20N2O. The highest BCUT2D eigenvalue weighted by molar-refractivity contribution is 5.80. The smallest absolute Gasteiger partial charge is 0.0642 e. The van der Waals surface area contributed by atoms with Crippen molar-refractivity contribution in [3.05, 3.63) is 66.2 Å². The van der Waals surface area contributed by atoms with Crippen LogP contribution in [0.15, 0.2) is 65.7 Å². The van der Waals surface area contributed by atoms with Crippen molar-refractivity contribution >= 4 is 23.7 Å². The average Bonchev–Trinajstić information content (AvgIpc) is 2.61. The van der Waals surface area contributed by atoms with Gasteiger partial charge < -0.3 is 9.64 Å². The summed E-state index contributed by atoms with van der Waals surface area (Å²) in [5.74, 6) is 0. The minimum Gasteiger partial charge on any atom is -0.378 e. The predicted octanol–water partition coefficient (Wildman–Crippen LogP) is 3.94. The van der Waals surface area contributed by atoms with Crippen molar-refractivity contribution in [2.45, 2.75) is 0 Å². The van der Waals surface area contributed by atoms with Crippen LogP contribution in [0.3, 0.4) is 0 Å². The van der Waals surface area contributed by atoms with Crippen molar-refractivity contribution in [3.8, 4) is 0 Å². The zero-order valence-electron chi connectivity index (χ0n) is 12.6. The second kappa shape index (κ2) is 7.57. The highest BCUT2D eigenvalue weighted by Crippen LogP contribution is 2.20. The van der Waals surface area contributed by atoms with E-state index in [-0.39, 0.29) is 0 Å². The molecule has 1 saturated heterocycles. The third-order valence-corrected chi connectivity index (χ3v) is 3.62. The second-order valence-electron chi connectivity index (χ2n) is 5.16. The lowest BCUT2D eigenvalue weighted by atomic mass is 10.2. The van der Waals surface area contributed by atoms with Crippen molar-refractivity contribution in [2.24, 2.45) is 4.99 Å². The van der Waals surface area contributed by atoms with Gasteiger partial charge in [0.05, 0.1) is 18.9 Å². The Morgan fingerprint density at radius 1 is 0.909 bits per heavy atom. The molecular weight excluding hydrogens is 272 g/mol. The summed E-state index contributed by atoms with van der Waals surface area (Å²) in [5.41, 5.74) is 3.38. The third kappa shape index (κ3) is 4.06. The van der Waals surface area contributed by atoms with Gasteiger partial charge in [0.25, 0.3) is 0 Å². The van der Waals surface area contributed by atoms with E-state index in [1.165, 1.54) is 11.3 Å². The largest absolute Gasteiger partial charge is 0.378 e. The van der Waals surface area contributed by atoms with Crippen LogP contribution < -0.4 is 4.90 Å². The Balaban J connectivity index is 1.58. The van der Waals surface area contributed by atoms with E-state index in [0.717, 1.165) is 32.0 Å². The normalized spacial score (nSPS) is 15.7. The number of hydrogen-bond donors (Lipinski definition) is 0. The van der Waals surface area contributed by atoms with E-state index in [4.69, 9.17) is 4.74 Å². The van der Waals surface area contributed by atoms with Crippen LogP contribution in [0.25, 0.3) is 6.08 Å². The molecule has 1 fully saturated rings. The van der Waals surface area contributed by atoms with Gasteiger partial charge in [-0.05, 0) is 35.9 Å². The van der Waals surface area contributed by atoms with Crippen LogP contribution in [0.1, 0.15) is 5.56 Å². The van der Waals surface area contributed by atoms with Crippen LogP contribution in [0, 0.1) is 0 Å². The summed E-state index contributed by atoms with van der Waals surface area (Å²) in [6, 6.07) is 18.6. The fourth-order valence-electron chi connectivity index (χ4n) is 2.42. The van der Waals surface area contributed by atoms with Crippen LogP contribution in [0.5, 0.6) is 0 Å². The molecule has 3 nitrogen and oxygen atoms in total. The van der Waals surface area contributed by atoms with Crippen LogP contribution in [0.4, 0.5) is 11.4 Å². The summed E-state index contributed by atoms with van der Waals surface area (Å²) < 4.78 is 5.37. The molecule has 1 heterocycles. The van der Waals surface area contributed by atoms with Gasteiger partial charge in [0.15, 0.2) is 0 Å². The molecule has 2 aromatic carbocycles. The lowest BCUT2D eigenvalue weighted by Crippen LogP contribution is -2.36. The maximum atomic E-state index is 5.37. The fourth-order valence-corrected chi connectivity index (χ4v) is 2.42. The Labute approximate surface area is 131 Å². The van der Waals surface area contributed by atoms with Gasteiger partial charge in [0, 0.05) is 25.0 Å². The summed E-state index contributed by atoms with van der Waals surface area (Å²) in [4.78, 5) is 6.79. The van der Waals surface area contributed by atoms with Gasteiger partial charge in [0.1, 0.15) is 0 Å². The molecule has 0 aromatic heterocycles. The monoisotopic (exact) mass is 292 g/mol. The van der Waals surface area contributed by atoms with E-state index in [0.29, 0.717) is 0 Å². The molecule has 0 radical (unpaired) electrons. The number of allylic oxidation sites excluding steroid dienone is 1. The Morgan fingerprint density at radius 3 is 2.36 bits per heavy atom. The van der Waals surface area contributed by atoms with Crippen molar-refractivity contribution in [2.75, 3.05) is 31.2 Å². The molecule has 3 rings (SSSR count). The van der Waals surface area contributed by atoms with Crippen molar-refractivity contribution in [1.29, 1.82) is 0 Å². The first kappa shape index (κ1) is 14.5. The molecule has 1 aliphatic heterocycles. The summed E-state index contributed by atoms with van der Waals surface area (Å²) >= 11 is 0. The van der Waals surface area contributed by atoms with E-state index < -0.39 is 0 Å². The van der Waals surface area contributed by atoms with Crippen LogP contribution >= 0.6 is 0 Å². The molecule has 2 aromatic rings. The Hall–Kier alpha value is -2.39.